The van der Waals surface area contributed by atoms with E-state index in [2.05, 4.69) is 30.8 Å². The zero-order chi connectivity index (χ0) is 17.9. The van der Waals surface area contributed by atoms with Gasteiger partial charge in [0.1, 0.15) is 5.82 Å². The van der Waals surface area contributed by atoms with Crippen molar-refractivity contribution in [1.29, 1.82) is 0 Å². The van der Waals surface area contributed by atoms with Crippen molar-refractivity contribution < 1.29 is 17.3 Å². The van der Waals surface area contributed by atoms with Crippen LogP contribution in [0.5, 0.6) is 0 Å². The molecule has 1 N–H and O–H groups in total. The van der Waals surface area contributed by atoms with E-state index in [0.29, 0.717) is 11.4 Å². The van der Waals surface area contributed by atoms with E-state index in [1.165, 1.54) is 24.3 Å². The summed E-state index contributed by atoms with van der Waals surface area (Å²) in [5, 5.41) is 3.84. The highest BCUT2D eigenvalue weighted by atomic mass is 79.9. The van der Waals surface area contributed by atoms with Gasteiger partial charge < -0.3 is 4.52 Å². The maximum atomic E-state index is 12.9. The van der Waals surface area contributed by atoms with Crippen molar-refractivity contribution in [2.24, 2.45) is 0 Å². The summed E-state index contributed by atoms with van der Waals surface area (Å²) in [7, 11) is -3.62. The smallest absolute Gasteiger partial charge is 0.242 e. The van der Waals surface area contributed by atoms with Gasteiger partial charge in [0, 0.05) is 10.0 Å². The summed E-state index contributed by atoms with van der Waals surface area (Å²) in [5.41, 5.74) is 1.23. The van der Waals surface area contributed by atoms with Gasteiger partial charge in [-0.05, 0) is 29.8 Å². The van der Waals surface area contributed by atoms with E-state index in [0.717, 1.165) is 10.0 Å². The SMILES string of the molecule is O=S(=O)(Cc1ccc(F)cc1)NCc1nc(-c2cccc(Br)c2)no1. The molecular weight excluding hydrogens is 413 g/mol. The minimum atomic E-state index is -3.62. The fraction of sp³-hybridized carbons (Fsp3) is 0.125. The van der Waals surface area contributed by atoms with Crippen LogP contribution >= 0.6 is 15.9 Å². The van der Waals surface area contributed by atoms with Crippen LogP contribution in [-0.4, -0.2) is 18.6 Å². The zero-order valence-corrected chi connectivity index (χ0v) is 15.2. The number of hydrogen-bond acceptors (Lipinski definition) is 5. The molecule has 9 heteroatoms. The molecule has 6 nitrogen and oxygen atoms in total. The molecule has 1 aromatic heterocycles. The Kier molecular flexibility index (Phi) is 5.26. The number of nitrogens with zero attached hydrogens (tertiary/aromatic N) is 2. The summed E-state index contributed by atoms with van der Waals surface area (Å²) in [4.78, 5) is 4.17. The zero-order valence-electron chi connectivity index (χ0n) is 12.8. The molecular formula is C16H13BrFN3O3S. The van der Waals surface area contributed by atoms with Crippen LogP contribution in [0.2, 0.25) is 0 Å². The van der Waals surface area contributed by atoms with Crippen molar-refractivity contribution in [3.8, 4) is 11.4 Å². The van der Waals surface area contributed by atoms with Gasteiger partial charge in [-0.3, -0.25) is 0 Å². The first-order valence-corrected chi connectivity index (χ1v) is 9.66. The van der Waals surface area contributed by atoms with Crippen molar-refractivity contribution in [1.82, 2.24) is 14.9 Å². The molecule has 1 heterocycles. The first kappa shape index (κ1) is 17.7. The topological polar surface area (TPSA) is 85.1 Å². The largest absolute Gasteiger partial charge is 0.338 e. The minimum Gasteiger partial charge on any atom is -0.338 e. The molecule has 0 spiro atoms. The average molecular weight is 426 g/mol. The predicted octanol–water partition coefficient (Wildman–Crippen LogP) is 3.26. The third-order valence-corrected chi connectivity index (χ3v) is 5.05. The first-order valence-electron chi connectivity index (χ1n) is 7.22. The normalized spacial score (nSPS) is 11.6. The maximum Gasteiger partial charge on any atom is 0.242 e. The molecule has 0 unspecified atom stereocenters. The Hall–Kier alpha value is -2.10. The maximum absolute atomic E-state index is 12.9. The molecule has 3 aromatic rings. The summed E-state index contributed by atoms with van der Waals surface area (Å²) in [6, 6.07) is 12.6. The monoisotopic (exact) mass is 425 g/mol. The van der Waals surface area contributed by atoms with Crippen LogP contribution < -0.4 is 4.72 Å². The molecule has 2 aromatic carbocycles. The lowest BCUT2D eigenvalue weighted by Gasteiger charge is -2.04. The van der Waals surface area contributed by atoms with Crippen molar-refractivity contribution in [3.05, 3.63) is 70.3 Å². The second kappa shape index (κ2) is 7.42. The lowest BCUT2D eigenvalue weighted by atomic mass is 10.2. The van der Waals surface area contributed by atoms with E-state index in [4.69, 9.17) is 4.52 Å². The third kappa shape index (κ3) is 4.94. The van der Waals surface area contributed by atoms with Gasteiger partial charge in [-0.25, -0.2) is 17.5 Å². The fourth-order valence-corrected chi connectivity index (χ4v) is 3.57. The Morgan fingerprint density at radius 2 is 1.92 bits per heavy atom. The number of sulfonamides is 1. The molecule has 0 saturated heterocycles. The average Bonchev–Trinajstić information content (AvgIpc) is 3.04. The number of benzene rings is 2. The van der Waals surface area contributed by atoms with Gasteiger partial charge in [-0.2, -0.15) is 4.98 Å². The number of halogens is 2. The highest BCUT2D eigenvalue weighted by Gasteiger charge is 2.15. The summed E-state index contributed by atoms with van der Waals surface area (Å²) in [6.07, 6.45) is 0. The van der Waals surface area contributed by atoms with E-state index in [9.17, 15) is 12.8 Å². The van der Waals surface area contributed by atoms with E-state index in [-0.39, 0.29) is 18.2 Å². The second-order valence-corrected chi connectivity index (χ2v) is 7.95. The van der Waals surface area contributed by atoms with Crippen molar-refractivity contribution >= 4 is 26.0 Å². The fourth-order valence-electron chi connectivity index (χ4n) is 2.09. The molecule has 0 atom stereocenters. The van der Waals surface area contributed by atoms with Crippen molar-refractivity contribution in [2.45, 2.75) is 12.3 Å². The van der Waals surface area contributed by atoms with Gasteiger partial charge in [0.2, 0.25) is 21.7 Å². The molecule has 0 saturated carbocycles. The van der Waals surface area contributed by atoms with Gasteiger partial charge in [0.05, 0.1) is 12.3 Å². The Morgan fingerprint density at radius 1 is 1.16 bits per heavy atom. The van der Waals surface area contributed by atoms with Crippen LogP contribution in [0.15, 0.2) is 57.5 Å². The minimum absolute atomic E-state index is 0.121. The molecule has 0 aliphatic carbocycles. The van der Waals surface area contributed by atoms with Crippen molar-refractivity contribution in [3.63, 3.8) is 0 Å². The Bertz CT molecular complexity index is 974. The van der Waals surface area contributed by atoms with E-state index in [1.807, 2.05) is 24.3 Å². The molecule has 0 aliphatic rings. The quantitative estimate of drug-likeness (QED) is 0.654. The van der Waals surface area contributed by atoms with Crippen molar-refractivity contribution in [2.75, 3.05) is 0 Å². The number of aromatic nitrogens is 2. The van der Waals surface area contributed by atoms with Gasteiger partial charge in [0.25, 0.3) is 0 Å². The summed E-state index contributed by atoms with van der Waals surface area (Å²) >= 11 is 3.36. The molecule has 0 radical (unpaired) electrons. The third-order valence-electron chi connectivity index (χ3n) is 3.26. The Morgan fingerprint density at radius 3 is 2.64 bits per heavy atom. The Labute approximate surface area is 152 Å². The van der Waals surface area contributed by atoms with Crippen LogP contribution in [0.25, 0.3) is 11.4 Å². The van der Waals surface area contributed by atoms with Gasteiger partial charge >= 0.3 is 0 Å². The van der Waals surface area contributed by atoms with Crippen LogP contribution in [0.3, 0.4) is 0 Å². The molecule has 0 amide bonds. The molecule has 3 rings (SSSR count). The second-order valence-electron chi connectivity index (χ2n) is 5.23. The number of rotatable bonds is 6. The molecule has 0 fully saturated rings. The van der Waals surface area contributed by atoms with Crippen LogP contribution in [-0.2, 0) is 22.3 Å². The van der Waals surface area contributed by atoms with Gasteiger partial charge in [0.15, 0.2) is 0 Å². The summed E-state index contributed by atoms with van der Waals surface area (Å²) in [5.74, 6) is -0.161. The molecule has 25 heavy (non-hydrogen) atoms. The Balaban J connectivity index is 1.64. The summed E-state index contributed by atoms with van der Waals surface area (Å²) in [6.45, 7) is -0.121. The highest BCUT2D eigenvalue weighted by molar-refractivity contribution is 9.10. The van der Waals surface area contributed by atoms with E-state index < -0.39 is 15.8 Å². The van der Waals surface area contributed by atoms with Crippen LogP contribution in [0.1, 0.15) is 11.5 Å². The molecule has 0 bridgehead atoms. The molecule has 130 valence electrons. The predicted molar refractivity (Wildman–Crippen MR) is 93.3 cm³/mol. The van der Waals surface area contributed by atoms with E-state index in [1.54, 1.807) is 0 Å². The molecule has 0 aliphatic heterocycles. The number of hydrogen-bond donors (Lipinski definition) is 1. The number of nitrogens with one attached hydrogen (secondary N) is 1. The van der Waals surface area contributed by atoms with Gasteiger partial charge in [-0.1, -0.05) is 45.4 Å². The van der Waals surface area contributed by atoms with Crippen LogP contribution in [0.4, 0.5) is 4.39 Å². The lowest BCUT2D eigenvalue weighted by Crippen LogP contribution is -2.24. The standard InChI is InChI=1S/C16H13BrFN3O3S/c17-13-3-1-2-12(8-13)16-20-15(24-21-16)9-19-25(22,23)10-11-4-6-14(18)7-5-11/h1-8,19H,9-10H2. The van der Waals surface area contributed by atoms with E-state index >= 15 is 0 Å². The highest BCUT2D eigenvalue weighted by Crippen LogP contribution is 2.20. The lowest BCUT2D eigenvalue weighted by molar-refractivity contribution is 0.376. The summed E-state index contributed by atoms with van der Waals surface area (Å²) < 4.78 is 45.3. The first-order chi connectivity index (χ1) is 11.9. The van der Waals surface area contributed by atoms with Crippen LogP contribution in [0, 0.1) is 5.82 Å². The van der Waals surface area contributed by atoms with Gasteiger partial charge in [-0.15, -0.1) is 0 Å².